The summed E-state index contributed by atoms with van der Waals surface area (Å²) in [6.45, 7) is 1.19. The molecule has 1 aromatic heterocycles. The van der Waals surface area contributed by atoms with Crippen LogP contribution in [0.25, 0.3) is 0 Å². The topological polar surface area (TPSA) is 133 Å². The Morgan fingerprint density at radius 1 is 0.976 bits per heavy atom. The number of hydrogen-bond acceptors (Lipinski definition) is 6. The van der Waals surface area contributed by atoms with Crippen molar-refractivity contribution in [3.05, 3.63) is 77.6 Å². The number of amides is 3. The number of anilines is 1. The van der Waals surface area contributed by atoms with Gasteiger partial charge >= 0.3 is 11.8 Å². The maximum absolute atomic E-state index is 14.0. The fourth-order valence-electron chi connectivity index (χ4n) is 3.78. The quantitative estimate of drug-likeness (QED) is 0.181. The molecule has 0 radical (unpaired) electrons. The molecule has 1 heterocycles. The van der Waals surface area contributed by atoms with Gasteiger partial charge in [-0.05, 0) is 26.0 Å². The van der Waals surface area contributed by atoms with Crippen LogP contribution in [-0.4, -0.2) is 63.6 Å². The highest BCUT2D eigenvalue weighted by Gasteiger charge is 2.34. The second kappa shape index (κ2) is 13.5. The Labute approximate surface area is 229 Å². The van der Waals surface area contributed by atoms with E-state index < -0.39 is 83.6 Å². The van der Waals surface area contributed by atoms with E-state index in [0.717, 1.165) is 11.0 Å². The highest BCUT2D eigenvalue weighted by Crippen LogP contribution is 2.26. The molecule has 0 saturated heterocycles. The molecule has 0 unspecified atom stereocenters. The van der Waals surface area contributed by atoms with Gasteiger partial charge in [-0.3, -0.25) is 19.2 Å². The Kier molecular flexibility index (Phi) is 10.1. The average Bonchev–Trinajstić information content (AvgIpc) is 3.44. The number of nitrogens with zero attached hydrogens (tertiary/aromatic N) is 2. The van der Waals surface area contributed by atoms with Crippen LogP contribution in [-0.2, 0) is 25.6 Å². The number of nitrogens with one attached hydrogen (secondary N) is 3. The normalized spacial score (nSPS) is 11.6. The molecule has 2 aromatic carbocycles. The van der Waals surface area contributed by atoms with E-state index in [9.17, 15) is 41.1 Å². The number of benzene rings is 2. The van der Waals surface area contributed by atoms with Gasteiger partial charge in [0.15, 0.2) is 23.2 Å². The molecule has 10 nitrogen and oxygen atoms in total. The first-order chi connectivity index (χ1) is 19.4. The van der Waals surface area contributed by atoms with Crippen LogP contribution >= 0.6 is 0 Å². The third-order valence-corrected chi connectivity index (χ3v) is 5.68. The number of H-pyrrole nitrogens is 1. The number of para-hydroxylation sites is 1. The molecule has 41 heavy (non-hydrogen) atoms. The SMILES string of the molecule is CC(C)N(C(=O)CNC(=O)C(=O)Nc1ccccc1F)[C@@H](Cc1cnc[nH]1)C(=O)COc1c(F)c(F)cc(F)c1F. The van der Waals surface area contributed by atoms with Crippen molar-refractivity contribution in [3.63, 3.8) is 0 Å². The lowest BCUT2D eigenvalue weighted by molar-refractivity contribution is -0.143. The summed E-state index contributed by atoms with van der Waals surface area (Å²) in [7, 11) is 0. The molecular formula is C26H24F5N5O5. The van der Waals surface area contributed by atoms with Crippen molar-refractivity contribution in [3.8, 4) is 5.75 Å². The fraction of sp³-hybridized carbons (Fsp3) is 0.269. The molecule has 0 bridgehead atoms. The van der Waals surface area contributed by atoms with E-state index >= 15 is 0 Å². The van der Waals surface area contributed by atoms with Gasteiger partial charge < -0.3 is 25.3 Å². The molecule has 218 valence electrons. The summed E-state index contributed by atoms with van der Waals surface area (Å²) in [6.07, 6.45) is 2.44. The van der Waals surface area contributed by atoms with Crippen LogP contribution in [0.1, 0.15) is 19.5 Å². The minimum atomic E-state index is -1.85. The van der Waals surface area contributed by atoms with Gasteiger partial charge in [-0.2, -0.15) is 8.78 Å². The molecule has 3 amide bonds. The standard InChI is InChI=1S/C26H24F5N5O5/c1-13(2)36(21(38)10-33-25(39)26(40)35-18-6-4-3-5-15(18)27)19(7-14-9-32-12-34-14)20(37)11-41-24-22(30)16(28)8-17(29)23(24)31/h3-6,8-9,12-13,19H,7,10-11H2,1-2H3,(H,32,34)(H,33,39)(H,35,40)/t19-/m0/s1. The number of carbonyl (C=O) groups is 4. The van der Waals surface area contributed by atoms with Crippen LogP contribution in [0.15, 0.2) is 42.9 Å². The first-order valence-electron chi connectivity index (χ1n) is 12.0. The maximum atomic E-state index is 14.0. The third kappa shape index (κ3) is 7.64. The van der Waals surface area contributed by atoms with Crippen molar-refractivity contribution in [2.24, 2.45) is 0 Å². The molecule has 3 N–H and O–H groups in total. The second-order valence-corrected chi connectivity index (χ2v) is 8.86. The molecule has 1 atom stereocenters. The molecule has 0 aliphatic carbocycles. The molecule has 0 saturated carbocycles. The van der Waals surface area contributed by atoms with Gasteiger partial charge in [0.1, 0.15) is 12.4 Å². The minimum Gasteiger partial charge on any atom is -0.479 e. The zero-order valence-corrected chi connectivity index (χ0v) is 21.6. The van der Waals surface area contributed by atoms with Crippen molar-refractivity contribution in [1.29, 1.82) is 0 Å². The summed E-state index contributed by atoms with van der Waals surface area (Å²) in [5.41, 5.74) is 0.100. The number of ketones is 1. The van der Waals surface area contributed by atoms with Gasteiger partial charge in [-0.25, -0.2) is 18.2 Å². The molecule has 0 aliphatic heterocycles. The van der Waals surface area contributed by atoms with Crippen molar-refractivity contribution in [1.82, 2.24) is 20.2 Å². The van der Waals surface area contributed by atoms with Gasteiger partial charge in [0.05, 0.1) is 24.6 Å². The van der Waals surface area contributed by atoms with E-state index in [1.54, 1.807) is 0 Å². The van der Waals surface area contributed by atoms with Crippen molar-refractivity contribution in [2.45, 2.75) is 32.4 Å². The first-order valence-corrected chi connectivity index (χ1v) is 12.0. The molecule has 3 aromatic rings. The van der Waals surface area contributed by atoms with Crippen molar-refractivity contribution in [2.75, 3.05) is 18.5 Å². The molecule has 0 spiro atoms. The van der Waals surface area contributed by atoms with Gasteiger partial charge in [-0.1, -0.05) is 12.1 Å². The summed E-state index contributed by atoms with van der Waals surface area (Å²) >= 11 is 0. The van der Waals surface area contributed by atoms with Crippen LogP contribution in [0.2, 0.25) is 0 Å². The first kappa shape index (κ1) is 30.7. The van der Waals surface area contributed by atoms with Crippen LogP contribution in [0.4, 0.5) is 27.6 Å². The predicted molar refractivity (Wildman–Crippen MR) is 133 cm³/mol. The number of aromatic amines is 1. The Morgan fingerprint density at radius 3 is 2.22 bits per heavy atom. The predicted octanol–water partition coefficient (Wildman–Crippen LogP) is 2.66. The van der Waals surface area contributed by atoms with E-state index in [1.807, 2.05) is 0 Å². The lowest BCUT2D eigenvalue weighted by Gasteiger charge is -2.34. The smallest absolute Gasteiger partial charge is 0.313 e. The Bertz CT molecular complexity index is 1410. The summed E-state index contributed by atoms with van der Waals surface area (Å²) in [4.78, 5) is 58.3. The molecular weight excluding hydrogens is 557 g/mol. The number of ether oxygens (including phenoxy) is 1. The zero-order chi connectivity index (χ0) is 30.3. The van der Waals surface area contributed by atoms with E-state index in [2.05, 4.69) is 20.6 Å². The largest absolute Gasteiger partial charge is 0.479 e. The average molecular weight is 581 g/mol. The Morgan fingerprint density at radius 2 is 1.63 bits per heavy atom. The highest BCUT2D eigenvalue weighted by atomic mass is 19.2. The van der Waals surface area contributed by atoms with Gasteiger partial charge in [0, 0.05) is 30.4 Å². The lowest BCUT2D eigenvalue weighted by atomic mass is 10.0. The summed E-state index contributed by atoms with van der Waals surface area (Å²) < 4.78 is 73.7. The second-order valence-electron chi connectivity index (χ2n) is 8.86. The Balaban J connectivity index is 1.75. The van der Waals surface area contributed by atoms with Gasteiger partial charge in [0.2, 0.25) is 17.5 Å². The van der Waals surface area contributed by atoms with Crippen LogP contribution < -0.4 is 15.4 Å². The maximum Gasteiger partial charge on any atom is 0.313 e. The van der Waals surface area contributed by atoms with Crippen molar-refractivity contribution < 1.29 is 45.9 Å². The number of imidazole rings is 1. The zero-order valence-electron chi connectivity index (χ0n) is 21.6. The lowest BCUT2D eigenvalue weighted by Crippen LogP contribution is -2.54. The van der Waals surface area contributed by atoms with Crippen molar-refractivity contribution >= 4 is 29.2 Å². The van der Waals surface area contributed by atoms with E-state index in [4.69, 9.17) is 4.74 Å². The van der Waals surface area contributed by atoms with Gasteiger partial charge in [0.25, 0.3) is 0 Å². The number of rotatable bonds is 11. The minimum absolute atomic E-state index is 0.0234. The van der Waals surface area contributed by atoms with E-state index in [1.165, 1.54) is 44.6 Å². The summed E-state index contributed by atoms with van der Waals surface area (Å²) in [6, 6.07) is 2.97. The Hall–Kier alpha value is -4.82. The monoisotopic (exact) mass is 581 g/mol. The van der Waals surface area contributed by atoms with Gasteiger partial charge in [-0.15, -0.1) is 0 Å². The van der Waals surface area contributed by atoms with E-state index in [0.29, 0.717) is 5.69 Å². The number of hydrogen-bond donors (Lipinski definition) is 3. The van der Waals surface area contributed by atoms with Crippen LogP contribution in [0, 0.1) is 29.1 Å². The molecule has 3 rings (SSSR count). The molecule has 0 aliphatic rings. The molecule has 0 fully saturated rings. The van der Waals surface area contributed by atoms with E-state index in [-0.39, 0.29) is 18.2 Å². The molecule has 15 heteroatoms. The fourth-order valence-corrected chi connectivity index (χ4v) is 3.78. The number of Topliss-reactive ketones (excluding diaryl/α,β-unsaturated/α-hetero) is 1. The third-order valence-electron chi connectivity index (χ3n) is 5.68. The number of carbonyl (C=O) groups excluding carboxylic acids is 4. The summed E-state index contributed by atoms with van der Waals surface area (Å²) in [5.74, 6) is -13.7. The number of aromatic nitrogens is 2. The number of halogens is 5. The van der Waals surface area contributed by atoms with Crippen LogP contribution in [0.3, 0.4) is 0 Å². The van der Waals surface area contributed by atoms with Crippen LogP contribution in [0.5, 0.6) is 5.75 Å². The highest BCUT2D eigenvalue weighted by molar-refractivity contribution is 6.39. The summed E-state index contributed by atoms with van der Waals surface area (Å²) in [5, 5.41) is 4.14.